The van der Waals surface area contributed by atoms with Crippen LogP contribution < -0.4 is 14.8 Å². The highest BCUT2D eigenvalue weighted by Gasteiger charge is 2.15. The second kappa shape index (κ2) is 9.51. The Balaban J connectivity index is 1.58. The van der Waals surface area contributed by atoms with Gasteiger partial charge in [0.2, 0.25) is 10.0 Å². The minimum Gasteiger partial charge on any atom is -0.489 e. The first-order valence-electron chi connectivity index (χ1n) is 9.35. The lowest BCUT2D eigenvalue weighted by molar-refractivity contribution is 0.0940. The fraction of sp³-hybridized carbons (Fsp3) is 0.182. The minimum atomic E-state index is -3.53. The highest BCUT2D eigenvalue weighted by atomic mass is 32.2. The van der Waals surface area contributed by atoms with Crippen molar-refractivity contribution in [2.45, 2.75) is 24.5 Å². The molecular formula is C22H23N3O4S. The number of carbonyl (C=O) groups excluding carboxylic acids is 1. The molecule has 0 aliphatic heterocycles. The summed E-state index contributed by atoms with van der Waals surface area (Å²) in [7, 11) is -2.19. The first-order valence-corrected chi connectivity index (χ1v) is 10.8. The number of aromatic nitrogens is 1. The van der Waals surface area contributed by atoms with Crippen molar-refractivity contribution in [2.24, 2.45) is 0 Å². The molecule has 156 valence electrons. The molecule has 0 bridgehead atoms. The van der Waals surface area contributed by atoms with Gasteiger partial charge in [0.1, 0.15) is 12.4 Å². The van der Waals surface area contributed by atoms with Crippen LogP contribution in [0.4, 0.5) is 0 Å². The number of nitrogens with zero attached hydrogens (tertiary/aromatic N) is 1. The van der Waals surface area contributed by atoms with E-state index in [9.17, 15) is 13.2 Å². The molecule has 0 saturated carbocycles. The van der Waals surface area contributed by atoms with Crippen LogP contribution in [-0.4, -0.2) is 26.4 Å². The van der Waals surface area contributed by atoms with Crippen LogP contribution >= 0.6 is 0 Å². The molecule has 0 aliphatic rings. The van der Waals surface area contributed by atoms with Crippen molar-refractivity contribution in [3.63, 3.8) is 0 Å². The number of rotatable bonds is 8. The predicted octanol–water partition coefficient (Wildman–Crippen LogP) is 3.06. The molecule has 30 heavy (non-hydrogen) atoms. The van der Waals surface area contributed by atoms with Gasteiger partial charge in [0.05, 0.1) is 10.9 Å². The number of ether oxygens (including phenoxy) is 1. The van der Waals surface area contributed by atoms with Crippen molar-refractivity contribution >= 4 is 15.9 Å². The molecule has 7 nitrogen and oxygen atoms in total. The van der Waals surface area contributed by atoms with Gasteiger partial charge in [0.15, 0.2) is 0 Å². The van der Waals surface area contributed by atoms with Gasteiger partial charge in [-0.1, -0.05) is 18.2 Å². The van der Waals surface area contributed by atoms with Crippen molar-refractivity contribution in [1.82, 2.24) is 15.0 Å². The van der Waals surface area contributed by atoms with E-state index >= 15 is 0 Å². The zero-order valence-corrected chi connectivity index (χ0v) is 17.5. The highest BCUT2D eigenvalue weighted by Crippen LogP contribution is 2.19. The van der Waals surface area contributed by atoms with E-state index in [-0.39, 0.29) is 16.8 Å². The Hall–Kier alpha value is -3.23. The summed E-state index contributed by atoms with van der Waals surface area (Å²) in [5.74, 6) is 0.440. The normalized spacial score (nSPS) is 12.2. The molecular weight excluding hydrogens is 402 g/mol. The largest absolute Gasteiger partial charge is 0.489 e. The summed E-state index contributed by atoms with van der Waals surface area (Å²) in [5.41, 5.74) is 2.29. The predicted molar refractivity (Wildman–Crippen MR) is 114 cm³/mol. The summed E-state index contributed by atoms with van der Waals surface area (Å²) in [6.45, 7) is 2.31. The summed E-state index contributed by atoms with van der Waals surface area (Å²) in [6.07, 6.45) is 3.47. The van der Waals surface area contributed by atoms with E-state index in [0.29, 0.717) is 12.2 Å². The van der Waals surface area contributed by atoms with E-state index in [2.05, 4.69) is 15.0 Å². The van der Waals surface area contributed by atoms with E-state index in [4.69, 9.17) is 4.74 Å². The topological polar surface area (TPSA) is 97.4 Å². The Morgan fingerprint density at radius 1 is 1.07 bits per heavy atom. The van der Waals surface area contributed by atoms with Crippen molar-refractivity contribution in [3.05, 3.63) is 89.7 Å². The molecule has 0 aliphatic carbocycles. The molecule has 1 unspecified atom stereocenters. The number of pyridine rings is 1. The van der Waals surface area contributed by atoms with Crippen LogP contribution in [-0.2, 0) is 16.6 Å². The molecule has 3 rings (SSSR count). The molecule has 1 atom stereocenters. The summed E-state index contributed by atoms with van der Waals surface area (Å²) < 4.78 is 31.5. The van der Waals surface area contributed by atoms with Crippen LogP contribution in [0, 0.1) is 0 Å². The van der Waals surface area contributed by atoms with Crippen LogP contribution in [0.1, 0.15) is 34.5 Å². The zero-order chi connectivity index (χ0) is 21.6. The Labute approximate surface area is 176 Å². The number of amides is 1. The van der Waals surface area contributed by atoms with Gasteiger partial charge in [0.25, 0.3) is 5.91 Å². The van der Waals surface area contributed by atoms with Gasteiger partial charge in [-0.3, -0.25) is 9.78 Å². The van der Waals surface area contributed by atoms with Gasteiger partial charge in [-0.2, -0.15) is 0 Å². The molecule has 0 spiro atoms. The number of nitrogens with one attached hydrogen (secondary N) is 2. The van der Waals surface area contributed by atoms with Gasteiger partial charge < -0.3 is 10.1 Å². The molecule has 0 fully saturated rings. The fourth-order valence-electron chi connectivity index (χ4n) is 2.77. The maximum absolute atomic E-state index is 12.5. The van der Waals surface area contributed by atoms with E-state index < -0.39 is 10.0 Å². The van der Waals surface area contributed by atoms with Gasteiger partial charge >= 0.3 is 0 Å². The quantitative estimate of drug-likeness (QED) is 0.578. The van der Waals surface area contributed by atoms with Crippen LogP contribution in [0.25, 0.3) is 0 Å². The molecule has 0 radical (unpaired) electrons. The van der Waals surface area contributed by atoms with E-state index in [1.165, 1.54) is 31.3 Å². The molecule has 0 saturated heterocycles. The lowest BCUT2D eigenvalue weighted by Gasteiger charge is -2.15. The van der Waals surface area contributed by atoms with Gasteiger partial charge in [-0.15, -0.1) is 0 Å². The Bertz CT molecular complexity index is 1080. The van der Waals surface area contributed by atoms with Gasteiger partial charge in [0, 0.05) is 23.5 Å². The summed E-state index contributed by atoms with van der Waals surface area (Å²) >= 11 is 0. The lowest BCUT2D eigenvalue weighted by atomic mass is 10.1. The van der Waals surface area contributed by atoms with Crippen molar-refractivity contribution in [1.29, 1.82) is 0 Å². The average molecular weight is 426 g/mol. The van der Waals surface area contributed by atoms with E-state index in [0.717, 1.165) is 16.9 Å². The fourth-order valence-corrected chi connectivity index (χ4v) is 3.50. The Morgan fingerprint density at radius 2 is 1.77 bits per heavy atom. The molecule has 8 heteroatoms. The Kier molecular flexibility index (Phi) is 6.81. The average Bonchev–Trinajstić information content (AvgIpc) is 2.78. The maximum Gasteiger partial charge on any atom is 0.251 e. The monoisotopic (exact) mass is 425 g/mol. The van der Waals surface area contributed by atoms with Gasteiger partial charge in [-0.05, 0) is 62.0 Å². The first kappa shape index (κ1) is 21.5. The van der Waals surface area contributed by atoms with E-state index in [1.807, 2.05) is 43.3 Å². The van der Waals surface area contributed by atoms with E-state index in [1.54, 1.807) is 12.4 Å². The maximum atomic E-state index is 12.5. The van der Waals surface area contributed by atoms with Crippen molar-refractivity contribution in [2.75, 3.05) is 7.05 Å². The molecule has 2 N–H and O–H groups in total. The number of hydrogen-bond acceptors (Lipinski definition) is 5. The minimum absolute atomic E-state index is 0.108. The van der Waals surface area contributed by atoms with Crippen molar-refractivity contribution < 1.29 is 17.9 Å². The number of hydrogen-bond donors (Lipinski definition) is 2. The SMILES string of the molecule is CNS(=O)(=O)c1ccc(C(=O)NC(C)c2ccc(OCc3cccnc3)cc2)cc1. The van der Waals surface area contributed by atoms with Crippen LogP contribution in [0.5, 0.6) is 5.75 Å². The van der Waals surface area contributed by atoms with Crippen molar-refractivity contribution in [3.8, 4) is 5.75 Å². The smallest absolute Gasteiger partial charge is 0.251 e. The molecule has 1 heterocycles. The molecule has 3 aromatic rings. The number of benzene rings is 2. The molecule has 2 aromatic carbocycles. The second-order valence-corrected chi connectivity index (χ2v) is 8.53. The third kappa shape index (κ3) is 5.43. The first-order chi connectivity index (χ1) is 14.4. The third-order valence-electron chi connectivity index (χ3n) is 4.55. The summed E-state index contributed by atoms with van der Waals surface area (Å²) in [4.78, 5) is 16.6. The summed E-state index contributed by atoms with van der Waals surface area (Å²) in [5, 5.41) is 2.91. The zero-order valence-electron chi connectivity index (χ0n) is 16.7. The van der Waals surface area contributed by atoms with Crippen LogP contribution in [0.2, 0.25) is 0 Å². The third-order valence-corrected chi connectivity index (χ3v) is 5.98. The number of carbonyl (C=O) groups is 1. The van der Waals surface area contributed by atoms with Crippen LogP contribution in [0.15, 0.2) is 78.0 Å². The molecule has 1 aromatic heterocycles. The molecule has 1 amide bonds. The van der Waals surface area contributed by atoms with Gasteiger partial charge in [-0.25, -0.2) is 13.1 Å². The standard InChI is InChI=1S/C22H23N3O4S/c1-16(25-22(26)19-7-11-21(12-8-19)30(27,28)23-2)18-5-9-20(10-6-18)29-15-17-4-3-13-24-14-17/h3-14,16,23H,15H2,1-2H3,(H,25,26). The lowest BCUT2D eigenvalue weighted by Crippen LogP contribution is -2.26. The highest BCUT2D eigenvalue weighted by molar-refractivity contribution is 7.89. The Morgan fingerprint density at radius 3 is 2.37 bits per heavy atom. The van der Waals surface area contributed by atoms with Crippen LogP contribution in [0.3, 0.4) is 0 Å². The second-order valence-electron chi connectivity index (χ2n) is 6.65. The number of sulfonamides is 1. The summed E-state index contributed by atoms with van der Waals surface area (Å²) in [6, 6.07) is 16.9.